The van der Waals surface area contributed by atoms with Crippen molar-refractivity contribution in [3.8, 4) is 5.75 Å². The number of aliphatic hydroxyl groups excluding tert-OH is 3. The minimum absolute atomic E-state index is 0.0112. The van der Waals surface area contributed by atoms with E-state index in [4.69, 9.17) is 10.5 Å². The molecule has 5 atom stereocenters. The number of unbranched alkanes of at least 4 members (excludes halogenated alkanes) is 1. The monoisotopic (exact) mass is 457 g/mol. The first kappa shape index (κ1) is 25.9. The first-order valence-corrected chi connectivity index (χ1v) is 10.5. The molecule has 1 aromatic carbocycles. The number of carbonyl (C=O) groups is 1. The molecule has 6 nitrogen and oxygen atoms in total. The number of alkyl halides is 3. The fraction of sp³-hybridized carbons (Fsp3) is 0.522. The lowest BCUT2D eigenvalue weighted by Gasteiger charge is -2.19. The molecule has 1 saturated carbocycles. The van der Waals surface area contributed by atoms with Crippen LogP contribution in [0, 0.1) is 11.8 Å². The summed E-state index contributed by atoms with van der Waals surface area (Å²) < 4.78 is 43.5. The standard InChI is InChI=1S/C23H30F3NO5/c24-23(25,26)15-6-5-7-17(12-15)32-14-16(28)10-11-19-18(20(29)13-21(19)30)8-3-1-2-4-9-22(27)31/h1,3,5-7,10-12,16,18-21,28-30H,2,4,8-9,13-14H2,(H2,27,31)/b3-1-,11-10+/t16-,18-,19-,20+,21-/m1/s1. The normalized spacial score (nSPS) is 24.9. The molecule has 178 valence electrons. The van der Waals surface area contributed by atoms with Gasteiger partial charge >= 0.3 is 6.18 Å². The summed E-state index contributed by atoms with van der Waals surface area (Å²) in [5.41, 5.74) is 4.25. The average Bonchev–Trinajstić information content (AvgIpc) is 2.99. The Morgan fingerprint density at radius 1 is 1.25 bits per heavy atom. The highest BCUT2D eigenvalue weighted by Crippen LogP contribution is 2.36. The fourth-order valence-electron chi connectivity index (χ4n) is 3.73. The predicted octanol–water partition coefficient (Wildman–Crippen LogP) is 2.96. The molecule has 0 aliphatic heterocycles. The van der Waals surface area contributed by atoms with E-state index in [-0.39, 0.29) is 36.5 Å². The van der Waals surface area contributed by atoms with Crippen LogP contribution in [0.15, 0.2) is 48.6 Å². The van der Waals surface area contributed by atoms with Gasteiger partial charge in [-0.3, -0.25) is 4.79 Å². The van der Waals surface area contributed by atoms with Crippen molar-refractivity contribution >= 4 is 5.91 Å². The van der Waals surface area contributed by atoms with Gasteiger partial charge in [0.15, 0.2) is 0 Å². The smallest absolute Gasteiger partial charge is 0.416 e. The average molecular weight is 457 g/mol. The van der Waals surface area contributed by atoms with E-state index >= 15 is 0 Å². The Bertz CT molecular complexity index is 796. The van der Waals surface area contributed by atoms with Crippen molar-refractivity contribution in [2.45, 2.75) is 56.6 Å². The second-order valence-electron chi connectivity index (χ2n) is 7.97. The van der Waals surface area contributed by atoms with Gasteiger partial charge in [0, 0.05) is 18.8 Å². The van der Waals surface area contributed by atoms with Crippen LogP contribution < -0.4 is 10.5 Å². The molecule has 1 aromatic rings. The molecule has 0 saturated heterocycles. The lowest BCUT2D eigenvalue weighted by molar-refractivity contribution is -0.137. The Labute approximate surface area is 185 Å². The van der Waals surface area contributed by atoms with Crippen LogP contribution in [-0.2, 0) is 11.0 Å². The number of primary amides is 1. The number of amides is 1. The number of rotatable bonds is 11. The highest BCUT2D eigenvalue weighted by molar-refractivity contribution is 5.73. The van der Waals surface area contributed by atoms with Gasteiger partial charge < -0.3 is 25.8 Å². The molecule has 0 unspecified atom stereocenters. The van der Waals surface area contributed by atoms with Gasteiger partial charge in [0.2, 0.25) is 5.91 Å². The fourth-order valence-corrected chi connectivity index (χ4v) is 3.73. The Morgan fingerprint density at radius 3 is 2.69 bits per heavy atom. The number of hydrogen-bond acceptors (Lipinski definition) is 5. The van der Waals surface area contributed by atoms with E-state index in [0.29, 0.717) is 25.7 Å². The van der Waals surface area contributed by atoms with Crippen LogP contribution in [0.1, 0.15) is 37.7 Å². The van der Waals surface area contributed by atoms with Crippen molar-refractivity contribution in [2.24, 2.45) is 17.6 Å². The highest BCUT2D eigenvalue weighted by Gasteiger charge is 2.39. The maximum atomic E-state index is 12.8. The summed E-state index contributed by atoms with van der Waals surface area (Å²) >= 11 is 0. The number of carbonyl (C=O) groups excluding carboxylic acids is 1. The first-order valence-electron chi connectivity index (χ1n) is 10.5. The highest BCUT2D eigenvalue weighted by atomic mass is 19.4. The Morgan fingerprint density at radius 2 is 2.00 bits per heavy atom. The van der Waals surface area contributed by atoms with Crippen LogP contribution in [-0.4, -0.2) is 46.1 Å². The Hall–Kier alpha value is -2.36. The summed E-state index contributed by atoms with van der Waals surface area (Å²) in [4.78, 5) is 10.7. The number of hydrogen-bond donors (Lipinski definition) is 4. The van der Waals surface area contributed by atoms with E-state index < -0.39 is 30.1 Å². The van der Waals surface area contributed by atoms with E-state index in [1.807, 2.05) is 12.2 Å². The van der Waals surface area contributed by atoms with Crippen molar-refractivity contribution in [2.75, 3.05) is 6.61 Å². The van der Waals surface area contributed by atoms with Crippen molar-refractivity contribution in [1.82, 2.24) is 0 Å². The summed E-state index contributed by atoms with van der Waals surface area (Å²) in [5, 5.41) is 30.6. The van der Waals surface area contributed by atoms with Crippen molar-refractivity contribution in [3.05, 3.63) is 54.1 Å². The predicted molar refractivity (Wildman–Crippen MR) is 112 cm³/mol. The zero-order valence-electron chi connectivity index (χ0n) is 17.6. The number of nitrogens with two attached hydrogens (primary N) is 1. The number of allylic oxidation sites excluding steroid dienone is 2. The largest absolute Gasteiger partial charge is 0.491 e. The van der Waals surface area contributed by atoms with Gasteiger partial charge in [0.25, 0.3) is 0 Å². The van der Waals surface area contributed by atoms with E-state index in [2.05, 4.69) is 0 Å². The molecule has 0 aromatic heterocycles. The lowest BCUT2D eigenvalue weighted by Crippen LogP contribution is -2.21. The molecule has 0 heterocycles. The van der Waals surface area contributed by atoms with Crippen LogP contribution in [0.4, 0.5) is 13.2 Å². The third-order valence-corrected chi connectivity index (χ3v) is 5.42. The molecule has 32 heavy (non-hydrogen) atoms. The first-order chi connectivity index (χ1) is 15.1. The van der Waals surface area contributed by atoms with Crippen LogP contribution in [0.25, 0.3) is 0 Å². The molecule has 1 amide bonds. The van der Waals surface area contributed by atoms with Crippen molar-refractivity contribution in [3.63, 3.8) is 0 Å². The zero-order valence-corrected chi connectivity index (χ0v) is 17.6. The molecule has 0 radical (unpaired) electrons. The molecule has 0 spiro atoms. The minimum atomic E-state index is -4.48. The van der Waals surface area contributed by atoms with Crippen LogP contribution in [0.5, 0.6) is 5.75 Å². The summed E-state index contributed by atoms with van der Waals surface area (Å²) in [5.74, 6) is -0.995. The minimum Gasteiger partial charge on any atom is -0.491 e. The summed E-state index contributed by atoms with van der Waals surface area (Å²) in [6.07, 6.45) is 2.13. The summed E-state index contributed by atoms with van der Waals surface area (Å²) in [6, 6.07) is 4.39. The van der Waals surface area contributed by atoms with Crippen LogP contribution >= 0.6 is 0 Å². The second kappa shape index (κ2) is 12.0. The molecule has 5 N–H and O–H groups in total. The van der Waals surface area contributed by atoms with Gasteiger partial charge in [-0.05, 0) is 43.4 Å². The lowest BCUT2D eigenvalue weighted by atomic mass is 9.89. The zero-order chi connectivity index (χ0) is 23.7. The second-order valence-corrected chi connectivity index (χ2v) is 7.97. The summed E-state index contributed by atoms with van der Waals surface area (Å²) in [7, 11) is 0. The van der Waals surface area contributed by atoms with Gasteiger partial charge in [-0.1, -0.05) is 30.4 Å². The number of aliphatic hydroxyl groups is 3. The van der Waals surface area contributed by atoms with E-state index in [1.165, 1.54) is 18.2 Å². The van der Waals surface area contributed by atoms with Crippen molar-refractivity contribution < 1.29 is 38.0 Å². The number of benzene rings is 1. The SMILES string of the molecule is NC(=O)CCC/C=C\C[C@@H]1[C@@H](/C=C/[C@@H](O)COc2cccc(C(F)(F)F)c2)[C@H](O)C[C@@H]1O. The van der Waals surface area contributed by atoms with Gasteiger partial charge in [0.05, 0.1) is 17.8 Å². The molecule has 1 aliphatic rings. The van der Waals surface area contributed by atoms with Gasteiger partial charge in [0.1, 0.15) is 18.5 Å². The summed E-state index contributed by atoms with van der Waals surface area (Å²) in [6.45, 7) is -0.256. The third-order valence-electron chi connectivity index (χ3n) is 5.42. The topological polar surface area (TPSA) is 113 Å². The maximum absolute atomic E-state index is 12.8. The van der Waals surface area contributed by atoms with Gasteiger partial charge in [-0.25, -0.2) is 0 Å². The van der Waals surface area contributed by atoms with E-state index in [1.54, 1.807) is 6.08 Å². The quantitative estimate of drug-likeness (QED) is 0.301. The van der Waals surface area contributed by atoms with E-state index in [9.17, 15) is 33.3 Å². The number of halogens is 3. The Kier molecular flexibility index (Phi) is 9.74. The number of ether oxygens (including phenoxy) is 1. The van der Waals surface area contributed by atoms with Crippen LogP contribution in [0.3, 0.4) is 0 Å². The van der Waals surface area contributed by atoms with Gasteiger partial charge in [-0.15, -0.1) is 0 Å². The van der Waals surface area contributed by atoms with Crippen molar-refractivity contribution in [1.29, 1.82) is 0 Å². The third kappa shape index (κ3) is 8.29. The maximum Gasteiger partial charge on any atom is 0.416 e. The Balaban J connectivity index is 1.87. The van der Waals surface area contributed by atoms with E-state index in [0.717, 1.165) is 12.1 Å². The van der Waals surface area contributed by atoms with Gasteiger partial charge in [-0.2, -0.15) is 13.2 Å². The molecule has 2 rings (SSSR count). The molecule has 1 fully saturated rings. The molecular weight excluding hydrogens is 427 g/mol. The van der Waals surface area contributed by atoms with Crippen LogP contribution in [0.2, 0.25) is 0 Å². The molecule has 9 heteroatoms. The molecular formula is C23H30F3NO5. The molecule has 0 bridgehead atoms. The molecule has 1 aliphatic carbocycles.